The van der Waals surface area contributed by atoms with Crippen LogP contribution in [0.5, 0.6) is 0 Å². The Bertz CT molecular complexity index is 1430. The number of fused-ring (bicyclic) bond motifs is 1. The second kappa shape index (κ2) is 17.8. The zero-order chi connectivity index (χ0) is 32.9. The molecule has 0 bridgehead atoms. The van der Waals surface area contributed by atoms with E-state index in [1.54, 1.807) is 0 Å². The first kappa shape index (κ1) is 35.1. The third kappa shape index (κ3) is 10.1. The smallest absolute Gasteiger partial charge is 0.335 e. The maximum atomic E-state index is 12.1. The number of ether oxygens (including phenoxy) is 2. The van der Waals surface area contributed by atoms with E-state index < -0.39 is 31.1 Å². The lowest BCUT2D eigenvalue weighted by Gasteiger charge is -2.28. The number of carbonyl (C=O) groups is 2. The van der Waals surface area contributed by atoms with E-state index >= 15 is 0 Å². The van der Waals surface area contributed by atoms with E-state index in [1.807, 2.05) is 24.3 Å². The molecule has 1 saturated carbocycles. The van der Waals surface area contributed by atoms with Crippen LogP contribution in [0.2, 0.25) is 0 Å². The molecule has 0 aromatic heterocycles. The second-order valence-electron chi connectivity index (χ2n) is 12.9. The maximum Gasteiger partial charge on any atom is 0.335 e. The molecule has 3 aromatic carbocycles. The van der Waals surface area contributed by atoms with Crippen LogP contribution in [-0.4, -0.2) is 48.6 Å². The highest BCUT2D eigenvalue weighted by molar-refractivity contribution is 5.89. The van der Waals surface area contributed by atoms with Crippen molar-refractivity contribution >= 4 is 22.7 Å². The highest BCUT2D eigenvalue weighted by atomic mass is 16.5. The standard InChI is InChI=1S/C40H50O6/c1-4-7-30-10-12-31(13-11-30)8-5-6-9-32-14-15-37-23-36(21-20-35(37)22-32)33-16-18-34(19-17-33)38(26-45-39(43)28(2)24-41)27-46-40(44)29(3)25-42/h14-23,30-31,38,41-42H,2-13,24-27H2,1H3. The number of aliphatic hydroxyl groups is 2. The predicted octanol–water partition coefficient (Wildman–Crippen LogP) is 8.09. The average Bonchev–Trinajstić information content (AvgIpc) is 3.09. The van der Waals surface area contributed by atoms with E-state index in [-0.39, 0.29) is 24.4 Å². The molecule has 6 heteroatoms. The van der Waals surface area contributed by atoms with E-state index in [0.29, 0.717) is 0 Å². The minimum absolute atomic E-state index is 0.0572. The number of aliphatic hydroxyl groups excluding tert-OH is 2. The number of benzene rings is 3. The van der Waals surface area contributed by atoms with Gasteiger partial charge in [0.05, 0.1) is 30.3 Å². The number of rotatable bonds is 17. The van der Waals surface area contributed by atoms with E-state index in [1.165, 1.54) is 74.1 Å². The van der Waals surface area contributed by atoms with Crippen LogP contribution in [0.4, 0.5) is 0 Å². The van der Waals surface area contributed by atoms with Crippen LogP contribution in [0.3, 0.4) is 0 Å². The molecular weight excluding hydrogens is 576 g/mol. The van der Waals surface area contributed by atoms with Gasteiger partial charge >= 0.3 is 11.9 Å². The third-order valence-corrected chi connectivity index (χ3v) is 9.40. The fourth-order valence-corrected chi connectivity index (χ4v) is 6.48. The molecule has 6 nitrogen and oxygen atoms in total. The summed E-state index contributed by atoms with van der Waals surface area (Å²) in [6.45, 7) is 8.14. The molecule has 1 aliphatic rings. The van der Waals surface area contributed by atoms with Gasteiger partial charge in [-0.05, 0) is 63.8 Å². The average molecular weight is 627 g/mol. The van der Waals surface area contributed by atoms with Gasteiger partial charge in [0, 0.05) is 0 Å². The molecule has 0 spiro atoms. The van der Waals surface area contributed by atoms with Crippen LogP contribution >= 0.6 is 0 Å². The highest BCUT2D eigenvalue weighted by Gasteiger charge is 2.21. The van der Waals surface area contributed by atoms with Crippen LogP contribution in [0.1, 0.15) is 81.8 Å². The zero-order valence-electron chi connectivity index (χ0n) is 27.3. The fourth-order valence-electron chi connectivity index (χ4n) is 6.48. The Kier molecular flexibility index (Phi) is 13.6. The topological polar surface area (TPSA) is 93.1 Å². The summed E-state index contributed by atoms with van der Waals surface area (Å²) in [6, 6.07) is 21.2. The third-order valence-electron chi connectivity index (χ3n) is 9.40. The van der Waals surface area contributed by atoms with Crippen LogP contribution in [-0.2, 0) is 25.5 Å². The fraction of sp³-hybridized carbons (Fsp3) is 0.450. The molecular formula is C40H50O6. The highest BCUT2D eigenvalue weighted by Crippen LogP contribution is 2.34. The predicted molar refractivity (Wildman–Crippen MR) is 184 cm³/mol. The Morgan fingerprint density at radius 2 is 1.28 bits per heavy atom. The van der Waals surface area contributed by atoms with Crippen LogP contribution in [0.25, 0.3) is 21.9 Å². The van der Waals surface area contributed by atoms with Crippen LogP contribution in [0, 0.1) is 11.8 Å². The summed E-state index contributed by atoms with van der Waals surface area (Å²) >= 11 is 0. The molecule has 4 rings (SSSR count). The summed E-state index contributed by atoms with van der Waals surface area (Å²) in [5, 5.41) is 20.8. The molecule has 0 atom stereocenters. The number of hydrogen-bond donors (Lipinski definition) is 2. The molecule has 0 radical (unpaired) electrons. The molecule has 46 heavy (non-hydrogen) atoms. The van der Waals surface area contributed by atoms with Crippen molar-refractivity contribution in [2.45, 2.75) is 77.0 Å². The molecule has 1 fully saturated rings. The van der Waals surface area contributed by atoms with Gasteiger partial charge < -0.3 is 19.7 Å². The maximum absolute atomic E-state index is 12.1. The number of esters is 2. The summed E-state index contributed by atoms with van der Waals surface area (Å²) in [4.78, 5) is 24.2. The summed E-state index contributed by atoms with van der Waals surface area (Å²) in [5.41, 5.74) is 4.22. The van der Waals surface area contributed by atoms with Crippen molar-refractivity contribution in [3.8, 4) is 11.1 Å². The summed E-state index contributed by atoms with van der Waals surface area (Å²) < 4.78 is 10.6. The van der Waals surface area contributed by atoms with Crippen molar-refractivity contribution in [2.75, 3.05) is 26.4 Å². The SMILES string of the molecule is C=C(CO)C(=O)OCC(COC(=O)C(=C)CO)c1ccc(-c2ccc3cc(CCCCC4CCC(CCC)CC4)ccc3c2)cc1. The van der Waals surface area contributed by atoms with Gasteiger partial charge in [-0.25, -0.2) is 9.59 Å². The first-order chi connectivity index (χ1) is 22.3. The Labute approximate surface area is 274 Å². The van der Waals surface area contributed by atoms with Crippen molar-refractivity contribution in [1.82, 2.24) is 0 Å². The Morgan fingerprint density at radius 3 is 1.87 bits per heavy atom. The number of carbonyl (C=O) groups excluding carboxylic acids is 2. The summed E-state index contributed by atoms with van der Waals surface area (Å²) in [6.07, 6.45) is 13.6. The van der Waals surface area contributed by atoms with Crippen molar-refractivity contribution in [1.29, 1.82) is 0 Å². The van der Waals surface area contributed by atoms with E-state index in [0.717, 1.165) is 34.9 Å². The van der Waals surface area contributed by atoms with Crippen molar-refractivity contribution in [3.63, 3.8) is 0 Å². The van der Waals surface area contributed by atoms with Crippen LogP contribution < -0.4 is 0 Å². The molecule has 0 heterocycles. The first-order valence-corrected chi connectivity index (χ1v) is 16.9. The largest absolute Gasteiger partial charge is 0.461 e. The van der Waals surface area contributed by atoms with Gasteiger partial charge in [0.2, 0.25) is 0 Å². The quantitative estimate of drug-likeness (QED) is 0.0894. The van der Waals surface area contributed by atoms with Gasteiger partial charge in [0.15, 0.2) is 0 Å². The Morgan fingerprint density at radius 1 is 0.739 bits per heavy atom. The lowest BCUT2D eigenvalue weighted by Crippen LogP contribution is -2.21. The van der Waals surface area contributed by atoms with E-state index in [4.69, 9.17) is 9.47 Å². The summed E-state index contributed by atoms with van der Waals surface area (Å²) in [7, 11) is 0. The first-order valence-electron chi connectivity index (χ1n) is 16.9. The van der Waals surface area contributed by atoms with Crippen molar-refractivity contribution < 1.29 is 29.3 Å². The van der Waals surface area contributed by atoms with Gasteiger partial charge in [-0.1, -0.05) is 126 Å². The number of aryl methyl sites for hydroxylation is 1. The molecule has 0 aliphatic heterocycles. The van der Waals surface area contributed by atoms with E-state index in [2.05, 4.69) is 56.5 Å². The molecule has 0 amide bonds. The van der Waals surface area contributed by atoms with Gasteiger partial charge in [-0.3, -0.25) is 0 Å². The Balaban J connectivity index is 1.35. The summed E-state index contributed by atoms with van der Waals surface area (Å²) in [5.74, 6) is 0.0318. The minimum atomic E-state index is -0.713. The van der Waals surface area contributed by atoms with Gasteiger partial charge in [0.25, 0.3) is 0 Å². The molecule has 3 aromatic rings. The monoisotopic (exact) mass is 626 g/mol. The normalized spacial score (nSPS) is 16.3. The minimum Gasteiger partial charge on any atom is -0.461 e. The lowest BCUT2D eigenvalue weighted by atomic mass is 9.78. The van der Waals surface area contributed by atoms with Crippen LogP contribution in [0.15, 0.2) is 85.0 Å². The molecule has 1 aliphatic carbocycles. The molecule has 0 saturated heterocycles. The second-order valence-corrected chi connectivity index (χ2v) is 12.9. The van der Waals surface area contributed by atoms with Gasteiger partial charge in [-0.15, -0.1) is 0 Å². The molecule has 0 unspecified atom stereocenters. The molecule has 2 N–H and O–H groups in total. The number of hydrogen-bond acceptors (Lipinski definition) is 6. The van der Waals surface area contributed by atoms with E-state index in [9.17, 15) is 19.8 Å². The van der Waals surface area contributed by atoms with Gasteiger partial charge in [0.1, 0.15) is 13.2 Å². The van der Waals surface area contributed by atoms with Crippen molar-refractivity contribution in [3.05, 3.63) is 96.1 Å². The number of unbranched alkanes of at least 4 members (excludes halogenated alkanes) is 1. The van der Waals surface area contributed by atoms with Gasteiger partial charge in [-0.2, -0.15) is 0 Å². The zero-order valence-corrected chi connectivity index (χ0v) is 27.3. The van der Waals surface area contributed by atoms with Crippen molar-refractivity contribution in [2.24, 2.45) is 11.8 Å². The Hall–Kier alpha value is -3.74. The molecule has 246 valence electrons. The lowest BCUT2D eigenvalue weighted by molar-refractivity contribution is -0.142.